The molecule has 0 bridgehead atoms. The predicted octanol–water partition coefficient (Wildman–Crippen LogP) is 0.369. The van der Waals surface area contributed by atoms with Crippen molar-refractivity contribution in [2.24, 2.45) is 0 Å². The Morgan fingerprint density at radius 3 is 2.77 bits per heavy atom. The molecule has 2 aliphatic heterocycles. The van der Waals surface area contributed by atoms with E-state index in [0.29, 0.717) is 13.1 Å². The van der Waals surface area contributed by atoms with Crippen LogP contribution in [0.1, 0.15) is 24.8 Å². The third-order valence-corrected chi connectivity index (χ3v) is 4.04. The number of nitrogens with zero attached hydrogens (tertiary/aromatic N) is 2. The third-order valence-electron chi connectivity index (χ3n) is 4.04. The molecule has 1 atom stereocenters. The number of carbonyl (C=O) groups is 2. The second-order valence-corrected chi connectivity index (χ2v) is 5.70. The van der Waals surface area contributed by atoms with Crippen LogP contribution in [0.25, 0.3) is 0 Å². The first-order valence-corrected chi connectivity index (χ1v) is 7.74. The molecule has 2 fully saturated rings. The van der Waals surface area contributed by atoms with Crippen LogP contribution in [0.15, 0.2) is 18.3 Å². The van der Waals surface area contributed by atoms with E-state index in [9.17, 15) is 9.59 Å². The molecule has 0 aromatic carbocycles. The van der Waals surface area contributed by atoms with Gasteiger partial charge < -0.3 is 20.9 Å². The second-order valence-electron chi connectivity index (χ2n) is 5.70. The van der Waals surface area contributed by atoms with Crippen molar-refractivity contribution in [1.29, 1.82) is 0 Å². The van der Waals surface area contributed by atoms with Gasteiger partial charge in [0, 0.05) is 32.4 Å². The summed E-state index contributed by atoms with van der Waals surface area (Å²) in [6, 6.07) is 3.20. The van der Waals surface area contributed by atoms with Crippen LogP contribution in [-0.2, 0) is 11.3 Å². The molecule has 2 aliphatic rings. The highest BCUT2D eigenvalue weighted by Crippen LogP contribution is 2.17. The summed E-state index contributed by atoms with van der Waals surface area (Å²) < 4.78 is 0. The molecule has 7 nitrogen and oxygen atoms in total. The number of hydrogen-bond donors (Lipinski definition) is 3. The predicted molar refractivity (Wildman–Crippen MR) is 82.5 cm³/mol. The molecule has 0 spiro atoms. The zero-order chi connectivity index (χ0) is 15.4. The van der Waals surface area contributed by atoms with Gasteiger partial charge in [0.15, 0.2) is 0 Å². The quantitative estimate of drug-likeness (QED) is 0.750. The Kier molecular flexibility index (Phi) is 4.41. The van der Waals surface area contributed by atoms with E-state index < -0.39 is 6.04 Å². The van der Waals surface area contributed by atoms with E-state index in [1.807, 2.05) is 12.1 Å². The van der Waals surface area contributed by atoms with Gasteiger partial charge in [-0.05, 0) is 30.9 Å². The van der Waals surface area contributed by atoms with E-state index in [2.05, 4.69) is 25.8 Å². The molecular formula is C15H21N5O2. The first-order chi connectivity index (χ1) is 10.7. The average Bonchev–Trinajstić information content (AvgIpc) is 3.00. The van der Waals surface area contributed by atoms with Crippen LogP contribution in [0.2, 0.25) is 0 Å². The summed E-state index contributed by atoms with van der Waals surface area (Å²) in [6.45, 7) is 2.88. The van der Waals surface area contributed by atoms with Gasteiger partial charge in [-0.15, -0.1) is 0 Å². The summed E-state index contributed by atoms with van der Waals surface area (Å²) >= 11 is 0. The topological polar surface area (TPSA) is 86.4 Å². The molecule has 0 unspecified atom stereocenters. The second kappa shape index (κ2) is 6.64. The summed E-state index contributed by atoms with van der Waals surface area (Å²) in [5, 5.41) is 7.93. The lowest BCUT2D eigenvalue weighted by Crippen LogP contribution is -2.42. The molecule has 3 rings (SSSR count). The number of piperidine rings is 1. The molecular weight excluding hydrogens is 282 g/mol. The van der Waals surface area contributed by atoms with Gasteiger partial charge in [-0.1, -0.05) is 6.07 Å². The Bertz CT molecular complexity index is 539. The van der Waals surface area contributed by atoms with Crippen molar-refractivity contribution in [3.63, 3.8) is 0 Å². The van der Waals surface area contributed by atoms with E-state index in [4.69, 9.17) is 0 Å². The Morgan fingerprint density at radius 2 is 2.14 bits per heavy atom. The molecule has 1 aromatic rings. The number of amides is 3. The van der Waals surface area contributed by atoms with Gasteiger partial charge in [-0.3, -0.25) is 4.79 Å². The van der Waals surface area contributed by atoms with Crippen LogP contribution >= 0.6 is 0 Å². The van der Waals surface area contributed by atoms with E-state index >= 15 is 0 Å². The Balaban J connectivity index is 1.50. The van der Waals surface area contributed by atoms with Crippen LogP contribution in [0.3, 0.4) is 0 Å². The number of rotatable bonds is 4. The summed E-state index contributed by atoms with van der Waals surface area (Å²) in [5.74, 6) is 0.820. The number of urea groups is 1. The molecule has 22 heavy (non-hydrogen) atoms. The summed E-state index contributed by atoms with van der Waals surface area (Å²) in [4.78, 5) is 29.7. The smallest absolute Gasteiger partial charge is 0.315 e. The van der Waals surface area contributed by atoms with Gasteiger partial charge in [-0.2, -0.15) is 0 Å². The monoisotopic (exact) mass is 303 g/mol. The molecule has 3 amide bonds. The van der Waals surface area contributed by atoms with Crippen molar-refractivity contribution in [3.8, 4) is 0 Å². The lowest BCUT2D eigenvalue weighted by molar-refractivity contribution is -0.122. The molecule has 0 radical (unpaired) electrons. The Hall–Kier alpha value is -2.31. The van der Waals surface area contributed by atoms with Crippen molar-refractivity contribution in [3.05, 3.63) is 23.9 Å². The number of anilines is 1. The van der Waals surface area contributed by atoms with E-state index in [1.165, 1.54) is 19.3 Å². The van der Waals surface area contributed by atoms with Crippen LogP contribution in [-0.4, -0.2) is 42.6 Å². The summed E-state index contributed by atoms with van der Waals surface area (Å²) in [7, 11) is 0. The highest BCUT2D eigenvalue weighted by atomic mass is 16.2. The van der Waals surface area contributed by atoms with Gasteiger partial charge in [0.1, 0.15) is 11.9 Å². The highest BCUT2D eigenvalue weighted by molar-refractivity contribution is 5.90. The average molecular weight is 303 g/mol. The first-order valence-electron chi connectivity index (χ1n) is 7.74. The van der Waals surface area contributed by atoms with Gasteiger partial charge in [0.25, 0.3) is 0 Å². The summed E-state index contributed by atoms with van der Waals surface area (Å²) in [6.07, 6.45) is 5.55. The molecule has 0 saturated carbocycles. The Labute approximate surface area is 129 Å². The largest absolute Gasteiger partial charge is 0.357 e. The molecule has 118 valence electrons. The molecule has 3 N–H and O–H groups in total. The van der Waals surface area contributed by atoms with E-state index in [-0.39, 0.29) is 11.9 Å². The number of hydrogen-bond acceptors (Lipinski definition) is 4. The van der Waals surface area contributed by atoms with E-state index in [0.717, 1.165) is 24.5 Å². The molecule has 3 heterocycles. The fourth-order valence-corrected chi connectivity index (χ4v) is 2.76. The number of carbonyl (C=O) groups excluding carboxylic acids is 2. The maximum Gasteiger partial charge on any atom is 0.315 e. The Morgan fingerprint density at radius 1 is 1.32 bits per heavy atom. The van der Waals surface area contributed by atoms with Crippen LogP contribution in [0.4, 0.5) is 10.6 Å². The van der Waals surface area contributed by atoms with Gasteiger partial charge in [0.2, 0.25) is 5.91 Å². The van der Waals surface area contributed by atoms with Crippen LogP contribution < -0.4 is 20.9 Å². The minimum atomic E-state index is -0.493. The van der Waals surface area contributed by atoms with Crippen LogP contribution in [0.5, 0.6) is 0 Å². The molecule has 7 heteroatoms. The lowest BCUT2D eigenvalue weighted by Gasteiger charge is -2.27. The van der Waals surface area contributed by atoms with Crippen LogP contribution in [0, 0.1) is 0 Å². The van der Waals surface area contributed by atoms with Gasteiger partial charge in [0.05, 0.1) is 0 Å². The first kappa shape index (κ1) is 14.6. The fraction of sp³-hybridized carbons (Fsp3) is 0.533. The zero-order valence-electron chi connectivity index (χ0n) is 12.5. The number of aromatic nitrogens is 1. The molecule has 1 aromatic heterocycles. The molecule has 0 aliphatic carbocycles. The number of pyridine rings is 1. The van der Waals surface area contributed by atoms with Crippen molar-refractivity contribution in [2.45, 2.75) is 31.8 Å². The maximum absolute atomic E-state index is 11.9. The SMILES string of the molecule is O=C1NC[C@H](C(=O)NCc2ccc(N3CCCCC3)nc2)N1. The standard InChI is InChI=1S/C15H21N5O2/c21-14(12-10-18-15(22)19-12)17-9-11-4-5-13(16-8-11)20-6-2-1-3-7-20/h4-5,8,12H,1-3,6-7,9-10H2,(H,17,21)(H2,18,19,22)/t12-/m1/s1. The maximum atomic E-state index is 11.9. The minimum Gasteiger partial charge on any atom is -0.357 e. The van der Waals surface area contributed by atoms with Crippen molar-refractivity contribution >= 4 is 17.8 Å². The van der Waals surface area contributed by atoms with Crippen molar-refractivity contribution in [1.82, 2.24) is 20.9 Å². The van der Waals surface area contributed by atoms with Gasteiger partial charge in [-0.25, -0.2) is 9.78 Å². The normalized spacial score (nSPS) is 21.2. The third kappa shape index (κ3) is 3.47. The lowest BCUT2D eigenvalue weighted by atomic mass is 10.1. The fourth-order valence-electron chi connectivity index (χ4n) is 2.76. The highest BCUT2D eigenvalue weighted by Gasteiger charge is 2.26. The van der Waals surface area contributed by atoms with Gasteiger partial charge >= 0.3 is 6.03 Å². The zero-order valence-corrected chi connectivity index (χ0v) is 12.5. The van der Waals surface area contributed by atoms with Crippen molar-refractivity contribution in [2.75, 3.05) is 24.5 Å². The molecule has 2 saturated heterocycles. The summed E-state index contributed by atoms with van der Waals surface area (Å²) in [5.41, 5.74) is 0.950. The number of nitrogens with one attached hydrogen (secondary N) is 3. The van der Waals surface area contributed by atoms with E-state index in [1.54, 1.807) is 6.20 Å². The van der Waals surface area contributed by atoms with Crippen molar-refractivity contribution < 1.29 is 9.59 Å². The minimum absolute atomic E-state index is 0.182.